The normalized spacial score (nSPS) is 10.7. The zero-order valence-corrected chi connectivity index (χ0v) is 11.8. The third-order valence-corrected chi connectivity index (χ3v) is 3.54. The second kappa shape index (κ2) is 5.33. The lowest BCUT2D eigenvalue weighted by Crippen LogP contribution is -1.82. The van der Waals surface area contributed by atoms with Gasteiger partial charge in [-0.15, -0.1) is 0 Å². The van der Waals surface area contributed by atoms with E-state index >= 15 is 0 Å². The van der Waals surface area contributed by atoms with Crippen LogP contribution in [-0.2, 0) is 0 Å². The van der Waals surface area contributed by atoms with Crippen molar-refractivity contribution >= 4 is 0 Å². The predicted octanol–water partition coefficient (Wildman–Crippen LogP) is 4.13. The van der Waals surface area contributed by atoms with Crippen molar-refractivity contribution < 1.29 is 0 Å². The van der Waals surface area contributed by atoms with Gasteiger partial charge in [-0.3, -0.25) is 0 Å². The molecule has 106 valence electrons. The molecule has 0 spiro atoms. The first-order valence-corrected chi connectivity index (χ1v) is 7.12. The van der Waals surface area contributed by atoms with Crippen molar-refractivity contribution in [2.24, 2.45) is 0 Å². The van der Waals surface area contributed by atoms with Crippen LogP contribution in [0.25, 0.3) is 34.2 Å². The van der Waals surface area contributed by atoms with Crippen LogP contribution in [0.4, 0.5) is 0 Å². The Morgan fingerprint density at radius 2 is 1.41 bits per heavy atom. The molecule has 0 atom stereocenters. The summed E-state index contributed by atoms with van der Waals surface area (Å²) in [5.41, 5.74) is 4.11. The van der Waals surface area contributed by atoms with E-state index in [2.05, 4.69) is 39.2 Å². The molecule has 2 heterocycles. The van der Waals surface area contributed by atoms with Crippen LogP contribution in [-0.4, -0.2) is 19.9 Å². The van der Waals surface area contributed by atoms with Crippen molar-refractivity contribution in [3.8, 4) is 34.2 Å². The van der Waals surface area contributed by atoms with Gasteiger partial charge in [-0.1, -0.05) is 60.7 Å². The van der Waals surface area contributed by atoms with Crippen LogP contribution in [0.5, 0.6) is 0 Å². The molecule has 0 aliphatic carbocycles. The van der Waals surface area contributed by atoms with E-state index in [0.29, 0.717) is 0 Å². The molecule has 0 unspecified atom stereocenters. The van der Waals surface area contributed by atoms with Gasteiger partial charge in [-0.25, -0.2) is 9.97 Å². The molecule has 2 N–H and O–H groups in total. The summed E-state index contributed by atoms with van der Waals surface area (Å²) < 4.78 is 0. The molecule has 0 amide bonds. The number of rotatable bonds is 3. The summed E-state index contributed by atoms with van der Waals surface area (Å²) in [7, 11) is 0. The molecule has 0 aliphatic heterocycles. The molecule has 22 heavy (non-hydrogen) atoms. The standard InChI is InChI=1S/C18H14N4/c1-3-7-13(8-4-1)15-16(14-9-5-2-6-10-14)22-18(21-15)17-19-11-12-20-17/h1-12H,(H,19,20)(H,21,22). The molecule has 4 rings (SSSR count). The van der Waals surface area contributed by atoms with E-state index in [1.807, 2.05) is 36.4 Å². The fourth-order valence-corrected chi connectivity index (χ4v) is 2.50. The summed E-state index contributed by atoms with van der Waals surface area (Å²) in [5, 5.41) is 0. The van der Waals surface area contributed by atoms with Gasteiger partial charge in [0.1, 0.15) is 0 Å². The zero-order valence-electron chi connectivity index (χ0n) is 11.8. The number of H-pyrrole nitrogens is 2. The molecule has 0 aliphatic rings. The van der Waals surface area contributed by atoms with Gasteiger partial charge in [0.15, 0.2) is 11.6 Å². The highest BCUT2D eigenvalue weighted by Gasteiger charge is 2.15. The van der Waals surface area contributed by atoms with E-state index in [4.69, 9.17) is 4.98 Å². The Hall–Kier alpha value is -3.14. The summed E-state index contributed by atoms with van der Waals surface area (Å²) in [6, 6.07) is 20.4. The molecule has 0 radical (unpaired) electrons. The van der Waals surface area contributed by atoms with Gasteiger partial charge in [-0.05, 0) is 0 Å². The largest absolute Gasteiger partial charge is 0.342 e. The number of nitrogens with one attached hydrogen (secondary N) is 2. The van der Waals surface area contributed by atoms with Crippen LogP contribution in [0, 0.1) is 0 Å². The van der Waals surface area contributed by atoms with Crippen LogP contribution < -0.4 is 0 Å². The summed E-state index contributed by atoms with van der Waals surface area (Å²) in [4.78, 5) is 15.5. The lowest BCUT2D eigenvalue weighted by molar-refractivity contribution is 1.20. The zero-order chi connectivity index (χ0) is 14.8. The highest BCUT2D eigenvalue weighted by Crippen LogP contribution is 2.31. The number of aromatic amines is 2. The minimum Gasteiger partial charge on any atom is -0.342 e. The molecule has 0 bridgehead atoms. The van der Waals surface area contributed by atoms with Gasteiger partial charge in [0.25, 0.3) is 0 Å². The Labute approximate surface area is 127 Å². The maximum Gasteiger partial charge on any atom is 0.174 e. The topological polar surface area (TPSA) is 57.4 Å². The van der Waals surface area contributed by atoms with E-state index in [1.165, 1.54) is 0 Å². The fourth-order valence-electron chi connectivity index (χ4n) is 2.50. The van der Waals surface area contributed by atoms with Crippen LogP contribution in [0.3, 0.4) is 0 Å². The second-order valence-corrected chi connectivity index (χ2v) is 4.98. The number of nitrogens with zero attached hydrogens (tertiary/aromatic N) is 2. The maximum atomic E-state index is 4.75. The van der Waals surface area contributed by atoms with Gasteiger partial charge in [0.05, 0.1) is 11.4 Å². The predicted molar refractivity (Wildman–Crippen MR) is 87.0 cm³/mol. The SMILES string of the molecule is c1ccc(-c2nc(-c3ncc[nH]3)[nH]c2-c2ccccc2)cc1. The first kappa shape index (κ1) is 12.6. The van der Waals surface area contributed by atoms with Gasteiger partial charge in [0, 0.05) is 23.5 Å². The van der Waals surface area contributed by atoms with Crippen molar-refractivity contribution in [1.29, 1.82) is 0 Å². The van der Waals surface area contributed by atoms with E-state index in [-0.39, 0.29) is 0 Å². The lowest BCUT2D eigenvalue weighted by atomic mass is 10.1. The van der Waals surface area contributed by atoms with Crippen molar-refractivity contribution in [2.45, 2.75) is 0 Å². The molecule has 4 aromatic rings. The number of hydrogen-bond acceptors (Lipinski definition) is 2. The van der Waals surface area contributed by atoms with Crippen molar-refractivity contribution in [1.82, 2.24) is 19.9 Å². The highest BCUT2D eigenvalue weighted by atomic mass is 15.0. The molecule has 2 aromatic heterocycles. The number of hydrogen-bond donors (Lipinski definition) is 2. The van der Waals surface area contributed by atoms with E-state index in [9.17, 15) is 0 Å². The molecule has 4 heteroatoms. The van der Waals surface area contributed by atoms with Crippen molar-refractivity contribution in [3.05, 3.63) is 73.1 Å². The van der Waals surface area contributed by atoms with Crippen molar-refractivity contribution in [2.75, 3.05) is 0 Å². The van der Waals surface area contributed by atoms with Gasteiger partial charge < -0.3 is 9.97 Å². The molecular formula is C18H14N4. The van der Waals surface area contributed by atoms with Gasteiger partial charge in [-0.2, -0.15) is 0 Å². The van der Waals surface area contributed by atoms with Crippen molar-refractivity contribution in [3.63, 3.8) is 0 Å². The van der Waals surface area contributed by atoms with E-state index in [1.54, 1.807) is 12.4 Å². The summed E-state index contributed by atoms with van der Waals surface area (Å²) in [5.74, 6) is 1.47. The first-order valence-electron chi connectivity index (χ1n) is 7.12. The molecule has 0 saturated carbocycles. The third kappa shape index (κ3) is 2.20. The quantitative estimate of drug-likeness (QED) is 0.595. The molecule has 0 saturated heterocycles. The molecule has 2 aromatic carbocycles. The maximum absolute atomic E-state index is 4.75. The summed E-state index contributed by atoms with van der Waals surface area (Å²) >= 11 is 0. The Morgan fingerprint density at radius 1 is 0.727 bits per heavy atom. The minimum absolute atomic E-state index is 0.736. The highest BCUT2D eigenvalue weighted by molar-refractivity contribution is 5.80. The number of aromatic nitrogens is 4. The van der Waals surface area contributed by atoms with Crippen LogP contribution in [0.15, 0.2) is 73.1 Å². The van der Waals surface area contributed by atoms with Gasteiger partial charge in [0.2, 0.25) is 0 Å². The Morgan fingerprint density at radius 3 is 2.05 bits per heavy atom. The van der Waals surface area contributed by atoms with Crippen LogP contribution in [0.2, 0.25) is 0 Å². The monoisotopic (exact) mass is 286 g/mol. The minimum atomic E-state index is 0.736. The number of imidazole rings is 2. The van der Waals surface area contributed by atoms with E-state index < -0.39 is 0 Å². The molecule has 0 fully saturated rings. The lowest BCUT2D eigenvalue weighted by Gasteiger charge is -2.02. The summed E-state index contributed by atoms with van der Waals surface area (Å²) in [6.45, 7) is 0. The second-order valence-electron chi connectivity index (χ2n) is 4.98. The van der Waals surface area contributed by atoms with Crippen LogP contribution in [0.1, 0.15) is 0 Å². The van der Waals surface area contributed by atoms with Crippen LogP contribution >= 0.6 is 0 Å². The first-order chi connectivity index (χ1) is 10.9. The smallest absolute Gasteiger partial charge is 0.174 e. The molecular weight excluding hydrogens is 272 g/mol. The Balaban J connectivity index is 1.92. The average Bonchev–Trinajstić information content (AvgIpc) is 3.26. The fraction of sp³-hybridized carbons (Fsp3) is 0. The average molecular weight is 286 g/mol. The number of benzene rings is 2. The Kier molecular flexibility index (Phi) is 3.05. The van der Waals surface area contributed by atoms with Gasteiger partial charge >= 0.3 is 0 Å². The Bertz CT molecular complexity index is 805. The molecule has 4 nitrogen and oxygen atoms in total. The van der Waals surface area contributed by atoms with E-state index in [0.717, 1.165) is 34.2 Å². The third-order valence-electron chi connectivity index (χ3n) is 3.54. The summed E-state index contributed by atoms with van der Waals surface area (Å²) in [6.07, 6.45) is 3.52.